The van der Waals surface area contributed by atoms with Crippen LogP contribution in [0.15, 0.2) is 48.5 Å². The molecule has 9 nitrogen and oxygen atoms in total. The molecule has 2 aromatic rings. The van der Waals surface area contributed by atoms with Gasteiger partial charge in [-0.2, -0.15) is 0 Å². The molecule has 0 heterocycles. The molecule has 2 aliphatic carbocycles. The lowest BCUT2D eigenvalue weighted by Crippen LogP contribution is -2.50. The summed E-state index contributed by atoms with van der Waals surface area (Å²) in [7, 11) is 1.66. The summed E-state index contributed by atoms with van der Waals surface area (Å²) < 4.78 is 17.6. The van der Waals surface area contributed by atoms with Gasteiger partial charge in [0.05, 0.1) is 19.3 Å². The number of carbonyl (C=O) groups excluding carboxylic acids is 2. The molecule has 53 heavy (non-hydrogen) atoms. The van der Waals surface area contributed by atoms with Gasteiger partial charge in [0, 0.05) is 30.2 Å². The van der Waals surface area contributed by atoms with Crippen molar-refractivity contribution in [3.05, 3.63) is 64.7 Å². The molecule has 0 spiro atoms. The van der Waals surface area contributed by atoms with Gasteiger partial charge in [0.1, 0.15) is 5.75 Å². The van der Waals surface area contributed by atoms with Crippen LogP contribution in [0.3, 0.4) is 0 Å². The maximum atomic E-state index is 13.3. The van der Waals surface area contributed by atoms with Crippen LogP contribution in [0.1, 0.15) is 103 Å². The summed E-state index contributed by atoms with van der Waals surface area (Å²) in [6, 6.07) is 14.9. The smallest absolute Gasteiger partial charge is 0.250 e. The van der Waals surface area contributed by atoms with Gasteiger partial charge in [-0.1, -0.05) is 67.6 Å². The van der Waals surface area contributed by atoms with Gasteiger partial charge in [0.15, 0.2) is 12.2 Å². The van der Waals surface area contributed by atoms with Crippen molar-refractivity contribution in [2.75, 3.05) is 20.2 Å². The first-order valence-electron chi connectivity index (χ1n) is 20.2. The first-order chi connectivity index (χ1) is 25.4. The highest BCUT2D eigenvalue weighted by molar-refractivity contribution is 6.30. The lowest BCUT2D eigenvalue weighted by atomic mass is 9.67. The number of nitrogens with one attached hydrogen (secondary N) is 2. The van der Waals surface area contributed by atoms with Gasteiger partial charge in [0.25, 0.3) is 11.8 Å². The number of benzene rings is 2. The fourth-order valence-electron chi connectivity index (χ4n) is 8.52. The van der Waals surface area contributed by atoms with E-state index in [0.717, 1.165) is 73.7 Å². The van der Waals surface area contributed by atoms with Gasteiger partial charge >= 0.3 is 0 Å². The van der Waals surface area contributed by atoms with Crippen molar-refractivity contribution in [3.63, 3.8) is 0 Å². The normalized spacial score (nSPS) is 22.9. The summed E-state index contributed by atoms with van der Waals surface area (Å²) in [6.07, 6.45) is 10.9. The first-order valence-corrected chi connectivity index (χ1v) is 20.5. The molecular weight excluding hydrogens is 688 g/mol. The van der Waals surface area contributed by atoms with Crippen LogP contribution in [0.2, 0.25) is 5.02 Å². The molecule has 2 saturated carbocycles. The van der Waals surface area contributed by atoms with Crippen LogP contribution < -0.4 is 26.8 Å². The molecule has 2 aliphatic rings. The minimum atomic E-state index is -0.669. The second-order valence-corrected chi connectivity index (χ2v) is 16.5. The van der Waals surface area contributed by atoms with Crippen LogP contribution in [0, 0.1) is 23.7 Å². The van der Waals surface area contributed by atoms with E-state index in [4.69, 9.17) is 37.3 Å². The second-order valence-electron chi connectivity index (χ2n) is 16.1. The molecule has 2 amide bonds. The van der Waals surface area contributed by atoms with E-state index in [1.807, 2.05) is 76.2 Å². The van der Waals surface area contributed by atoms with Crippen LogP contribution in [0.25, 0.3) is 0 Å². The van der Waals surface area contributed by atoms with Crippen molar-refractivity contribution < 1.29 is 23.8 Å². The van der Waals surface area contributed by atoms with E-state index in [1.165, 1.54) is 25.7 Å². The highest BCUT2D eigenvalue weighted by Crippen LogP contribution is 2.43. The number of hydrogen-bond donors (Lipinski definition) is 4. The maximum absolute atomic E-state index is 13.3. The van der Waals surface area contributed by atoms with Gasteiger partial charge in [-0.05, 0) is 132 Å². The zero-order chi connectivity index (χ0) is 38.3. The Hall–Kier alpha value is -2.69. The summed E-state index contributed by atoms with van der Waals surface area (Å²) >= 11 is 6.01. The monoisotopic (exact) mass is 754 g/mol. The Bertz CT molecular complexity index is 1370. The average molecular weight is 755 g/mol. The van der Waals surface area contributed by atoms with E-state index in [2.05, 4.69) is 10.6 Å². The SMILES string of the molecule is COc1ccccc1CCNC(=O)C(OC(C)C)[C@H](N)CC1CCC(C2CCC(C[C@@H](N)C(OC(C)C)C(=O)NCCc3ccc(Cl)cc3)CC2)CC1. The zero-order valence-corrected chi connectivity index (χ0v) is 33.6. The van der Waals surface area contributed by atoms with Gasteiger partial charge in [-0.3, -0.25) is 9.59 Å². The van der Waals surface area contributed by atoms with E-state index in [9.17, 15) is 9.59 Å². The van der Waals surface area contributed by atoms with E-state index >= 15 is 0 Å². The van der Waals surface area contributed by atoms with Gasteiger partial charge in [-0.15, -0.1) is 0 Å². The number of methoxy groups -OCH3 is 1. The molecular formula is C43H67ClN4O5. The van der Waals surface area contributed by atoms with Gasteiger partial charge in [0.2, 0.25) is 0 Å². The topological polar surface area (TPSA) is 138 Å². The lowest BCUT2D eigenvalue weighted by molar-refractivity contribution is -0.138. The fraction of sp³-hybridized carbons (Fsp3) is 0.674. The summed E-state index contributed by atoms with van der Waals surface area (Å²) in [5.41, 5.74) is 15.6. The van der Waals surface area contributed by atoms with Crippen molar-refractivity contribution in [2.45, 2.75) is 141 Å². The fourth-order valence-corrected chi connectivity index (χ4v) is 8.65. The molecule has 2 unspecified atom stereocenters. The van der Waals surface area contributed by atoms with Crippen molar-refractivity contribution >= 4 is 23.4 Å². The first kappa shape index (κ1) is 43.0. The number of halogens is 1. The van der Waals surface area contributed by atoms with Crippen LogP contribution in [-0.2, 0) is 31.9 Å². The maximum Gasteiger partial charge on any atom is 0.250 e. The Kier molecular flexibility index (Phi) is 17.9. The van der Waals surface area contributed by atoms with E-state index in [-0.39, 0.29) is 36.1 Å². The van der Waals surface area contributed by atoms with Crippen molar-refractivity contribution in [3.8, 4) is 5.75 Å². The number of ether oxygens (including phenoxy) is 3. The third-order valence-electron chi connectivity index (χ3n) is 11.3. The van der Waals surface area contributed by atoms with Crippen LogP contribution in [-0.4, -0.2) is 68.5 Å². The zero-order valence-electron chi connectivity index (χ0n) is 32.9. The molecule has 296 valence electrons. The van der Waals surface area contributed by atoms with Crippen LogP contribution in [0.5, 0.6) is 5.75 Å². The Balaban J connectivity index is 1.18. The van der Waals surface area contributed by atoms with Gasteiger partial charge < -0.3 is 36.3 Å². The van der Waals surface area contributed by atoms with Crippen molar-refractivity contribution in [1.29, 1.82) is 0 Å². The minimum absolute atomic E-state index is 0.0887. The third-order valence-corrected chi connectivity index (χ3v) is 11.6. The highest BCUT2D eigenvalue weighted by Gasteiger charge is 2.36. The summed E-state index contributed by atoms with van der Waals surface area (Å²) in [4.78, 5) is 26.5. The number of rotatable bonds is 20. The summed E-state index contributed by atoms with van der Waals surface area (Å²) in [5.74, 6) is 3.05. The molecule has 0 radical (unpaired) electrons. The third kappa shape index (κ3) is 14.2. The molecule has 0 aromatic heterocycles. The lowest BCUT2D eigenvalue weighted by Gasteiger charge is -2.39. The minimum Gasteiger partial charge on any atom is -0.496 e. The van der Waals surface area contributed by atoms with Crippen LogP contribution in [0.4, 0.5) is 0 Å². The van der Waals surface area contributed by atoms with Crippen molar-refractivity contribution in [2.24, 2.45) is 35.1 Å². The Morgan fingerprint density at radius 2 is 1.15 bits per heavy atom. The quantitative estimate of drug-likeness (QED) is 0.114. The number of hydrogen-bond acceptors (Lipinski definition) is 7. The summed E-state index contributed by atoms with van der Waals surface area (Å²) in [5, 5.41) is 6.83. The molecule has 2 aromatic carbocycles. The Morgan fingerprint density at radius 3 is 1.60 bits per heavy atom. The van der Waals surface area contributed by atoms with E-state index in [1.54, 1.807) is 7.11 Å². The average Bonchev–Trinajstić information content (AvgIpc) is 3.14. The molecule has 4 rings (SSSR count). The Morgan fingerprint density at radius 1 is 0.698 bits per heavy atom. The molecule has 6 N–H and O–H groups in total. The van der Waals surface area contributed by atoms with Crippen molar-refractivity contribution in [1.82, 2.24) is 10.6 Å². The standard InChI is InChI=1S/C43H67ClN4O5/c1-28(2)52-40(42(49)47-24-22-30-14-20-36(44)21-15-30)37(45)26-31-10-16-33(17-11-31)34-18-12-32(13-19-34)27-38(46)41(53-29(3)4)43(50)48-25-23-35-8-6-7-9-39(35)51-5/h6-9,14-15,20-21,28-29,31-34,37-38,40-41H,10-13,16-19,22-27,45-46H2,1-5H3,(H,47,49)(H,48,50)/t31?,32?,33?,34?,37-,38-,40?,41?/m1/s1. The number of para-hydroxylation sites is 1. The number of amides is 2. The predicted octanol–water partition coefficient (Wildman–Crippen LogP) is 7.00. The molecule has 0 aliphatic heterocycles. The second kappa shape index (κ2) is 22.0. The molecule has 2 fully saturated rings. The van der Waals surface area contributed by atoms with E-state index in [0.29, 0.717) is 36.4 Å². The number of nitrogens with two attached hydrogens (primary N) is 2. The molecule has 0 bridgehead atoms. The predicted molar refractivity (Wildman–Crippen MR) is 214 cm³/mol. The molecule has 4 atom stereocenters. The molecule has 0 saturated heterocycles. The molecule has 10 heteroatoms. The van der Waals surface area contributed by atoms with E-state index < -0.39 is 12.2 Å². The Labute approximate surface area is 324 Å². The highest BCUT2D eigenvalue weighted by atomic mass is 35.5. The van der Waals surface area contributed by atoms with Crippen LogP contribution >= 0.6 is 11.6 Å². The number of carbonyl (C=O) groups is 2. The summed E-state index contributed by atoms with van der Waals surface area (Å²) in [6.45, 7) is 8.84. The van der Waals surface area contributed by atoms with Gasteiger partial charge in [-0.25, -0.2) is 0 Å². The largest absolute Gasteiger partial charge is 0.496 e.